The van der Waals surface area contributed by atoms with E-state index in [1.807, 2.05) is 12.1 Å². The van der Waals surface area contributed by atoms with Crippen LogP contribution in [0.15, 0.2) is 71.6 Å². The van der Waals surface area contributed by atoms with Crippen LogP contribution in [0.25, 0.3) is 0 Å². The van der Waals surface area contributed by atoms with E-state index in [1.54, 1.807) is 12.4 Å². The van der Waals surface area contributed by atoms with E-state index in [0.717, 1.165) is 56.2 Å². The van der Waals surface area contributed by atoms with Gasteiger partial charge in [0.15, 0.2) is 0 Å². The molecule has 1 aromatic rings. The van der Waals surface area contributed by atoms with Crippen molar-refractivity contribution >= 4 is 11.6 Å². The molecular formula is C26H28N2O2. The first-order valence-electron chi connectivity index (χ1n) is 11.2. The van der Waals surface area contributed by atoms with Crippen LogP contribution >= 0.6 is 0 Å². The number of fused-ring (bicyclic) bond motifs is 1. The van der Waals surface area contributed by atoms with Gasteiger partial charge in [-0.05, 0) is 61.8 Å². The number of anilines is 1. The zero-order valence-electron chi connectivity index (χ0n) is 17.5. The van der Waals surface area contributed by atoms with Crippen LogP contribution in [0.4, 0.5) is 5.69 Å². The van der Waals surface area contributed by atoms with Crippen LogP contribution in [0.5, 0.6) is 0 Å². The highest BCUT2D eigenvalue weighted by molar-refractivity contribution is 6.05. The van der Waals surface area contributed by atoms with Gasteiger partial charge < -0.3 is 10.1 Å². The summed E-state index contributed by atoms with van der Waals surface area (Å²) >= 11 is 0. The van der Waals surface area contributed by atoms with Crippen LogP contribution < -0.4 is 5.32 Å². The number of allylic oxidation sites excluding steroid dienone is 2. The summed E-state index contributed by atoms with van der Waals surface area (Å²) in [5, 5.41) is 3.05. The maximum Gasteiger partial charge on any atom is 0.251 e. The largest absolute Gasteiger partial charge is 0.359 e. The molecule has 2 spiro atoms. The Morgan fingerprint density at radius 3 is 3.03 bits per heavy atom. The van der Waals surface area contributed by atoms with Gasteiger partial charge in [-0.1, -0.05) is 37.3 Å². The molecule has 2 fully saturated rings. The average Bonchev–Trinajstić information content (AvgIpc) is 3.24. The molecule has 5 aliphatic rings. The number of aromatic nitrogens is 1. The third kappa shape index (κ3) is 2.31. The zero-order chi connectivity index (χ0) is 20.6. The van der Waals surface area contributed by atoms with Crippen molar-refractivity contribution in [3.63, 3.8) is 0 Å². The molecule has 4 heteroatoms. The molecule has 154 valence electrons. The fourth-order valence-corrected chi connectivity index (χ4v) is 6.91. The van der Waals surface area contributed by atoms with Gasteiger partial charge in [0.05, 0.1) is 23.1 Å². The third-order valence-electron chi connectivity index (χ3n) is 8.38. The highest BCUT2D eigenvalue weighted by atomic mass is 16.5. The summed E-state index contributed by atoms with van der Waals surface area (Å²) in [6.45, 7) is 6.54. The monoisotopic (exact) mass is 400 g/mol. The van der Waals surface area contributed by atoms with Gasteiger partial charge in [0, 0.05) is 29.5 Å². The lowest BCUT2D eigenvalue weighted by molar-refractivity contribution is -0.128. The summed E-state index contributed by atoms with van der Waals surface area (Å²) in [6, 6.07) is 3.72. The summed E-state index contributed by atoms with van der Waals surface area (Å²) in [7, 11) is 0. The lowest BCUT2D eigenvalue weighted by atomic mass is 9.59. The molecule has 4 nitrogen and oxygen atoms in total. The Hall–Kier alpha value is -2.46. The van der Waals surface area contributed by atoms with E-state index in [4.69, 9.17) is 4.74 Å². The molecule has 1 aromatic heterocycles. The number of pyridine rings is 1. The van der Waals surface area contributed by atoms with Gasteiger partial charge in [0.25, 0.3) is 5.91 Å². The first-order chi connectivity index (χ1) is 14.5. The number of amides is 1. The van der Waals surface area contributed by atoms with Crippen molar-refractivity contribution in [2.45, 2.75) is 63.1 Å². The number of nitrogens with zero attached hydrogens (tertiary/aromatic N) is 1. The Kier molecular flexibility index (Phi) is 3.69. The minimum absolute atomic E-state index is 0.00737. The van der Waals surface area contributed by atoms with Crippen LogP contribution in [0.1, 0.15) is 51.9 Å². The molecule has 30 heavy (non-hydrogen) atoms. The molecule has 1 N–H and O–H groups in total. The van der Waals surface area contributed by atoms with E-state index in [-0.39, 0.29) is 22.5 Å². The van der Waals surface area contributed by atoms with E-state index >= 15 is 0 Å². The maximum absolute atomic E-state index is 13.2. The molecule has 3 aliphatic carbocycles. The molecule has 6 rings (SSSR count). The summed E-state index contributed by atoms with van der Waals surface area (Å²) in [5.74, 6) is 0.291. The fraction of sp³-hybridized carbons (Fsp3) is 0.462. The van der Waals surface area contributed by atoms with Crippen molar-refractivity contribution in [3.8, 4) is 0 Å². The van der Waals surface area contributed by atoms with Crippen LogP contribution in [-0.4, -0.2) is 22.1 Å². The first kappa shape index (κ1) is 18.3. The van der Waals surface area contributed by atoms with Gasteiger partial charge in [0.2, 0.25) is 0 Å². The van der Waals surface area contributed by atoms with Crippen molar-refractivity contribution in [2.24, 2.45) is 11.3 Å². The minimum atomic E-state index is -0.263. The Morgan fingerprint density at radius 2 is 2.20 bits per heavy atom. The van der Waals surface area contributed by atoms with Crippen LogP contribution in [-0.2, 0) is 9.53 Å². The van der Waals surface area contributed by atoms with Crippen molar-refractivity contribution in [2.75, 3.05) is 5.32 Å². The maximum atomic E-state index is 13.2. The summed E-state index contributed by atoms with van der Waals surface area (Å²) in [5.41, 5.74) is 5.17. The average molecular weight is 401 g/mol. The van der Waals surface area contributed by atoms with Crippen molar-refractivity contribution in [3.05, 3.63) is 71.6 Å². The first-order valence-corrected chi connectivity index (χ1v) is 11.2. The molecule has 0 radical (unpaired) electrons. The molecule has 1 unspecified atom stereocenters. The van der Waals surface area contributed by atoms with Gasteiger partial charge in [-0.25, -0.2) is 0 Å². The van der Waals surface area contributed by atoms with Gasteiger partial charge >= 0.3 is 0 Å². The Bertz CT molecular complexity index is 1050. The summed E-state index contributed by atoms with van der Waals surface area (Å²) in [6.07, 6.45) is 17.4. The lowest BCUT2D eigenvalue weighted by Gasteiger charge is -2.53. The SMILES string of the molecule is C=C1CCC2=CC3=CCC4(C)C(C(=O)Nc5cccnc5)=CC[C@H]4[C@@]34CC[C@]2(C1)O4. The predicted octanol–water partition coefficient (Wildman–Crippen LogP) is 5.27. The standard InChI is InChI=1S/C26H28N2O2/c1-17-5-6-18-14-19-9-10-24(2)21(23(29)28-20-4-3-13-27-16-20)7-8-22(24)26(19)12-11-25(18,15-17)30-26/h3-4,7,9,13-14,16,22H,1,5-6,8,10-12,15H2,2H3,(H,28,29)/t22-,24?,25-,26-/m1/s1. The molecule has 1 saturated carbocycles. The number of carbonyl (C=O) groups excluding carboxylic acids is 1. The number of carbonyl (C=O) groups is 1. The Morgan fingerprint density at radius 1 is 1.30 bits per heavy atom. The van der Waals surface area contributed by atoms with Gasteiger partial charge in [-0.2, -0.15) is 0 Å². The van der Waals surface area contributed by atoms with E-state index in [0.29, 0.717) is 5.92 Å². The van der Waals surface area contributed by atoms with Crippen molar-refractivity contribution in [1.29, 1.82) is 0 Å². The van der Waals surface area contributed by atoms with Gasteiger partial charge in [-0.3, -0.25) is 9.78 Å². The van der Waals surface area contributed by atoms with Gasteiger partial charge in [0.1, 0.15) is 0 Å². The highest BCUT2D eigenvalue weighted by Crippen LogP contribution is 2.66. The predicted molar refractivity (Wildman–Crippen MR) is 117 cm³/mol. The lowest BCUT2D eigenvalue weighted by Crippen LogP contribution is -2.53. The molecule has 2 aliphatic heterocycles. The van der Waals surface area contributed by atoms with E-state index < -0.39 is 0 Å². The van der Waals surface area contributed by atoms with E-state index in [9.17, 15) is 4.79 Å². The van der Waals surface area contributed by atoms with Crippen LogP contribution in [0, 0.1) is 11.3 Å². The third-order valence-corrected chi connectivity index (χ3v) is 8.38. The number of hydrogen-bond donors (Lipinski definition) is 1. The highest BCUT2D eigenvalue weighted by Gasteiger charge is 2.65. The van der Waals surface area contributed by atoms with Crippen molar-refractivity contribution < 1.29 is 9.53 Å². The number of nitrogens with one attached hydrogen (secondary N) is 1. The second-order valence-corrected chi connectivity index (χ2v) is 9.97. The number of hydrogen-bond acceptors (Lipinski definition) is 3. The van der Waals surface area contributed by atoms with Gasteiger partial charge in [-0.15, -0.1) is 0 Å². The molecule has 1 amide bonds. The normalized spacial score (nSPS) is 38.6. The second-order valence-electron chi connectivity index (χ2n) is 9.97. The Labute approximate surface area is 177 Å². The summed E-state index contributed by atoms with van der Waals surface area (Å²) < 4.78 is 7.10. The zero-order valence-corrected chi connectivity index (χ0v) is 17.5. The molecule has 2 bridgehead atoms. The molecule has 1 saturated heterocycles. The summed E-state index contributed by atoms with van der Waals surface area (Å²) in [4.78, 5) is 17.3. The number of ether oxygens (including phenoxy) is 1. The van der Waals surface area contributed by atoms with Crippen molar-refractivity contribution in [1.82, 2.24) is 4.98 Å². The molecular weight excluding hydrogens is 372 g/mol. The topological polar surface area (TPSA) is 51.2 Å². The van der Waals surface area contributed by atoms with Crippen LogP contribution in [0.2, 0.25) is 0 Å². The second kappa shape index (κ2) is 6.04. The smallest absolute Gasteiger partial charge is 0.251 e. The molecule has 4 atom stereocenters. The number of rotatable bonds is 2. The Balaban J connectivity index is 1.35. The van der Waals surface area contributed by atoms with Crippen LogP contribution in [0.3, 0.4) is 0 Å². The molecule has 0 aromatic carbocycles. The van der Waals surface area contributed by atoms with E-state index in [2.05, 4.69) is 42.0 Å². The minimum Gasteiger partial charge on any atom is -0.359 e. The molecule has 3 heterocycles. The quantitative estimate of drug-likeness (QED) is 0.688. The fourth-order valence-electron chi connectivity index (χ4n) is 6.91. The van der Waals surface area contributed by atoms with E-state index in [1.165, 1.54) is 16.7 Å².